The first-order chi connectivity index (χ1) is 14.5. The molecular weight excluding hydrogens is 375 g/mol. The fraction of sp³-hybridized carbons (Fsp3) is 0.192. The lowest BCUT2D eigenvalue weighted by molar-refractivity contribution is -0.116. The fourth-order valence-electron chi connectivity index (χ4n) is 3.98. The van der Waals surface area contributed by atoms with Crippen LogP contribution in [-0.4, -0.2) is 10.5 Å². The molecule has 30 heavy (non-hydrogen) atoms. The third kappa shape index (κ3) is 4.13. The van der Waals surface area contributed by atoms with E-state index in [1.165, 1.54) is 12.1 Å². The highest BCUT2D eigenvalue weighted by atomic mass is 19.1. The number of hydrogen-bond acceptors (Lipinski definition) is 1. The molecule has 4 heteroatoms. The van der Waals surface area contributed by atoms with Gasteiger partial charge in [-0.05, 0) is 55.3 Å². The molecule has 0 aliphatic rings. The quantitative estimate of drug-likeness (QED) is 0.407. The number of anilines is 1. The zero-order valence-electron chi connectivity index (χ0n) is 17.2. The standard InChI is InChI=1S/C26H25FN2O/c1-3-29-17-24(22-9-4-5-10-25(22)29)23(19-7-6-8-20(27)15-19)16-26(30)28-21-13-11-18(2)12-14-21/h4-15,17,23H,3,16H2,1-2H3,(H,28,30)/t23-/m1/s1. The van der Waals surface area contributed by atoms with E-state index in [9.17, 15) is 9.18 Å². The highest BCUT2D eigenvalue weighted by Gasteiger charge is 2.23. The molecule has 4 rings (SSSR count). The molecule has 3 nitrogen and oxygen atoms in total. The Bertz CT molecular complexity index is 1180. The maximum atomic E-state index is 14.0. The molecule has 1 aromatic heterocycles. The molecule has 4 aromatic rings. The fourth-order valence-corrected chi connectivity index (χ4v) is 3.98. The first-order valence-electron chi connectivity index (χ1n) is 10.2. The molecule has 0 saturated heterocycles. The van der Waals surface area contributed by atoms with Crippen LogP contribution in [-0.2, 0) is 11.3 Å². The van der Waals surface area contributed by atoms with Crippen molar-refractivity contribution in [1.82, 2.24) is 4.57 Å². The first-order valence-corrected chi connectivity index (χ1v) is 10.2. The molecule has 0 bridgehead atoms. The monoisotopic (exact) mass is 400 g/mol. The van der Waals surface area contributed by atoms with Crippen molar-refractivity contribution in [3.63, 3.8) is 0 Å². The zero-order valence-corrected chi connectivity index (χ0v) is 17.2. The van der Waals surface area contributed by atoms with Crippen LogP contribution in [0, 0.1) is 12.7 Å². The number of nitrogens with zero attached hydrogens (tertiary/aromatic N) is 1. The lowest BCUT2D eigenvalue weighted by Gasteiger charge is -2.17. The third-order valence-corrected chi connectivity index (χ3v) is 5.51. The van der Waals surface area contributed by atoms with Gasteiger partial charge in [0.25, 0.3) is 0 Å². The average molecular weight is 400 g/mol. The number of para-hydroxylation sites is 1. The van der Waals surface area contributed by atoms with Crippen LogP contribution in [0.5, 0.6) is 0 Å². The van der Waals surface area contributed by atoms with E-state index in [-0.39, 0.29) is 24.1 Å². The van der Waals surface area contributed by atoms with Crippen LogP contribution in [0.2, 0.25) is 0 Å². The van der Waals surface area contributed by atoms with E-state index in [1.807, 2.05) is 49.4 Å². The predicted molar refractivity (Wildman–Crippen MR) is 120 cm³/mol. The Morgan fingerprint density at radius 3 is 2.53 bits per heavy atom. The summed E-state index contributed by atoms with van der Waals surface area (Å²) in [7, 11) is 0. The second-order valence-corrected chi connectivity index (χ2v) is 7.61. The first kappa shape index (κ1) is 19.9. The maximum absolute atomic E-state index is 14.0. The SMILES string of the molecule is CCn1cc([C@H](CC(=O)Nc2ccc(C)cc2)c2cccc(F)c2)c2ccccc21. The van der Waals surface area contributed by atoms with Crippen molar-refractivity contribution in [2.45, 2.75) is 32.7 Å². The van der Waals surface area contributed by atoms with Gasteiger partial charge in [-0.1, -0.05) is 48.0 Å². The van der Waals surface area contributed by atoms with Gasteiger partial charge in [0.2, 0.25) is 5.91 Å². The molecule has 152 valence electrons. The zero-order chi connectivity index (χ0) is 21.1. The van der Waals surface area contributed by atoms with Crippen molar-refractivity contribution in [1.29, 1.82) is 0 Å². The van der Waals surface area contributed by atoms with E-state index in [4.69, 9.17) is 0 Å². The number of hydrogen-bond donors (Lipinski definition) is 1. The smallest absolute Gasteiger partial charge is 0.225 e. The second kappa shape index (κ2) is 8.54. The molecule has 0 spiro atoms. The Balaban J connectivity index is 1.72. The molecule has 0 fully saturated rings. The Morgan fingerprint density at radius 1 is 1.03 bits per heavy atom. The number of carbonyl (C=O) groups excluding carboxylic acids is 1. The van der Waals surface area contributed by atoms with Gasteiger partial charge in [0, 0.05) is 41.7 Å². The Labute approximate surface area is 176 Å². The molecule has 1 N–H and O–H groups in total. The Hall–Kier alpha value is -3.40. The van der Waals surface area contributed by atoms with Crippen LogP contribution in [0.1, 0.15) is 36.0 Å². The van der Waals surface area contributed by atoms with Crippen molar-refractivity contribution >= 4 is 22.5 Å². The third-order valence-electron chi connectivity index (χ3n) is 5.51. The summed E-state index contributed by atoms with van der Waals surface area (Å²) in [4.78, 5) is 12.9. The lowest BCUT2D eigenvalue weighted by Crippen LogP contribution is -2.16. The molecule has 0 unspecified atom stereocenters. The van der Waals surface area contributed by atoms with Crippen LogP contribution < -0.4 is 5.32 Å². The second-order valence-electron chi connectivity index (χ2n) is 7.61. The highest BCUT2D eigenvalue weighted by Crippen LogP contribution is 2.35. The predicted octanol–water partition coefficient (Wildman–Crippen LogP) is 6.27. The van der Waals surface area contributed by atoms with Gasteiger partial charge in [-0.15, -0.1) is 0 Å². The normalized spacial score (nSPS) is 12.1. The summed E-state index contributed by atoms with van der Waals surface area (Å²) in [5, 5.41) is 4.08. The number of halogens is 1. The summed E-state index contributed by atoms with van der Waals surface area (Å²) >= 11 is 0. The van der Waals surface area contributed by atoms with Gasteiger partial charge in [0.05, 0.1) is 0 Å². The number of amides is 1. The van der Waals surface area contributed by atoms with Crippen LogP contribution in [0.25, 0.3) is 10.9 Å². The van der Waals surface area contributed by atoms with Crippen molar-refractivity contribution in [2.24, 2.45) is 0 Å². The molecule has 1 heterocycles. The van der Waals surface area contributed by atoms with E-state index >= 15 is 0 Å². The number of fused-ring (bicyclic) bond motifs is 1. The minimum Gasteiger partial charge on any atom is -0.347 e. The minimum atomic E-state index is -0.296. The summed E-state index contributed by atoms with van der Waals surface area (Å²) in [6, 6.07) is 22.5. The number of aryl methyl sites for hydroxylation is 2. The Morgan fingerprint density at radius 2 is 1.80 bits per heavy atom. The number of nitrogens with one attached hydrogen (secondary N) is 1. The largest absolute Gasteiger partial charge is 0.347 e. The summed E-state index contributed by atoms with van der Waals surface area (Å²) in [6.07, 6.45) is 2.33. The van der Waals surface area contributed by atoms with E-state index in [2.05, 4.69) is 35.1 Å². The van der Waals surface area contributed by atoms with Gasteiger partial charge >= 0.3 is 0 Å². The maximum Gasteiger partial charge on any atom is 0.225 e. The summed E-state index contributed by atoms with van der Waals surface area (Å²) in [5.74, 6) is -0.638. The van der Waals surface area contributed by atoms with Crippen LogP contribution in [0.3, 0.4) is 0 Å². The van der Waals surface area contributed by atoms with Gasteiger partial charge in [0.15, 0.2) is 0 Å². The average Bonchev–Trinajstić information content (AvgIpc) is 3.12. The van der Waals surface area contributed by atoms with E-state index in [1.54, 1.807) is 6.07 Å². The number of benzene rings is 3. The summed E-state index contributed by atoms with van der Waals surface area (Å²) in [5.41, 5.74) is 4.86. The van der Waals surface area contributed by atoms with Crippen LogP contribution in [0.15, 0.2) is 79.0 Å². The van der Waals surface area contributed by atoms with Gasteiger partial charge in [-0.25, -0.2) is 4.39 Å². The number of rotatable bonds is 6. The summed E-state index contributed by atoms with van der Waals surface area (Å²) in [6.45, 7) is 4.93. The number of carbonyl (C=O) groups is 1. The van der Waals surface area contributed by atoms with Crippen molar-refractivity contribution in [3.05, 3.63) is 102 Å². The van der Waals surface area contributed by atoms with Crippen molar-refractivity contribution in [2.75, 3.05) is 5.32 Å². The van der Waals surface area contributed by atoms with Crippen molar-refractivity contribution in [3.8, 4) is 0 Å². The van der Waals surface area contributed by atoms with Gasteiger partial charge in [-0.2, -0.15) is 0 Å². The molecule has 0 aliphatic carbocycles. The van der Waals surface area contributed by atoms with Gasteiger partial charge in [0.1, 0.15) is 5.82 Å². The Kier molecular flexibility index (Phi) is 5.66. The molecule has 0 aliphatic heterocycles. The highest BCUT2D eigenvalue weighted by molar-refractivity contribution is 5.93. The lowest BCUT2D eigenvalue weighted by atomic mass is 9.88. The topological polar surface area (TPSA) is 34.0 Å². The van der Waals surface area contributed by atoms with Crippen molar-refractivity contribution < 1.29 is 9.18 Å². The minimum absolute atomic E-state index is 0.0959. The van der Waals surface area contributed by atoms with E-state index in [0.29, 0.717) is 0 Å². The summed E-state index contributed by atoms with van der Waals surface area (Å²) < 4.78 is 16.2. The molecule has 0 radical (unpaired) electrons. The van der Waals surface area contributed by atoms with E-state index < -0.39 is 0 Å². The van der Waals surface area contributed by atoms with Gasteiger partial charge in [-0.3, -0.25) is 4.79 Å². The number of aromatic nitrogens is 1. The molecule has 1 amide bonds. The van der Waals surface area contributed by atoms with Crippen LogP contribution in [0.4, 0.5) is 10.1 Å². The van der Waals surface area contributed by atoms with E-state index in [0.717, 1.165) is 39.8 Å². The van der Waals surface area contributed by atoms with Crippen LogP contribution >= 0.6 is 0 Å². The molecule has 1 atom stereocenters. The molecular formula is C26H25FN2O. The molecule has 0 saturated carbocycles. The molecule has 3 aromatic carbocycles. The van der Waals surface area contributed by atoms with Gasteiger partial charge < -0.3 is 9.88 Å².